The smallest absolute Gasteiger partial charge is 0.229 e. The summed E-state index contributed by atoms with van der Waals surface area (Å²) in [6, 6.07) is 8.15. The number of amides is 1. The lowest BCUT2D eigenvalue weighted by atomic mass is 9.61. The van der Waals surface area contributed by atoms with Crippen LogP contribution in [0.25, 0.3) is 17.1 Å². The van der Waals surface area contributed by atoms with Crippen molar-refractivity contribution in [2.75, 3.05) is 0 Å². The van der Waals surface area contributed by atoms with Crippen LogP contribution in [0.3, 0.4) is 0 Å². The summed E-state index contributed by atoms with van der Waals surface area (Å²) in [6.45, 7) is 5.15. The summed E-state index contributed by atoms with van der Waals surface area (Å²) in [5.41, 5.74) is 4.76. The van der Waals surface area contributed by atoms with Gasteiger partial charge in [-0.2, -0.15) is 0 Å². The van der Waals surface area contributed by atoms with Crippen molar-refractivity contribution < 1.29 is 4.79 Å². The summed E-state index contributed by atoms with van der Waals surface area (Å²) < 4.78 is 2.13. The predicted molar refractivity (Wildman–Crippen MR) is 127 cm³/mol. The van der Waals surface area contributed by atoms with E-state index in [2.05, 4.69) is 56.9 Å². The summed E-state index contributed by atoms with van der Waals surface area (Å²) in [7, 11) is 0. The number of benzene rings is 1. The lowest BCUT2D eigenvalue weighted by Crippen LogP contribution is -2.42. The first kappa shape index (κ1) is 19.0. The minimum absolute atomic E-state index is 0.0667. The Morgan fingerprint density at radius 2 is 2.09 bits per heavy atom. The molecule has 0 radical (unpaired) electrons. The molecule has 33 heavy (non-hydrogen) atoms. The van der Waals surface area contributed by atoms with Gasteiger partial charge in [0, 0.05) is 17.3 Å². The van der Waals surface area contributed by atoms with E-state index in [0.717, 1.165) is 47.5 Å². The molecule has 4 unspecified atom stereocenters. The van der Waals surface area contributed by atoms with Gasteiger partial charge in [-0.1, -0.05) is 37.6 Å². The maximum Gasteiger partial charge on any atom is 0.229 e. The van der Waals surface area contributed by atoms with Gasteiger partial charge in [0.25, 0.3) is 0 Å². The van der Waals surface area contributed by atoms with Crippen molar-refractivity contribution in [3.05, 3.63) is 65.5 Å². The van der Waals surface area contributed by atoms with Crippen molar-refractivity contribution in [3.63, 3.8) is 0 Å². The number of aromatic amines is 1. The Morgan fingerprint density at radius 3 is 3.00 bits per heavy atom. The Hall–Kier alpha value is -3.48. The first-order valence-electron chi connectivity index (χ1n) is 11.6. The Morgan fingerprint density at radius 1 is 1.21 bits per heavy atom. The van der Waals surface area contributed by atoms with Gasteiger partial charge in [-0.15, -0.1) is 0 Å². The average Bonchev–Trinajstić information content (AvgIpc) is 3.50. The monoisotopic (exact) mass is 438 g/mol. The van der Waals surface area contributed by atoms with Gasteiger partial charge in [-0.25, -0.2) is 9.97 Å². The highest BCUT2D eigenvalue weighted by atomic mass is 16.2. The SMILES string of the molecule is CC12Cc3[nH]c(Cn4cnc5ccccc54)nc3C=C1CC1(C2)C(=O)NC2N=CC=CC21C. The highest BCUT2D eigenvalue weighted by molar-refractivity contribution is 5.90. The van der Waals surface area contributed by atoms with E-state index in [4.69, 9.17) is 4.98 Å². The van der Waals surface area contributed by atoms with E-state index >= 15 is 0 Å². The van der Waals surface area contributed by atoms with Crippen LogP contribution in [0, 0.1) is 16.2 Å². The number of fused-ring (bicyclic) bond motifs is 5. The number of carbonyl (C=O) groups is 1. The molecule has 1 spiro atoms. The lowest BCUT2D eigenvalue weighted by Gasteiger charge is -2.39. The molecule has 2 aliphatic carbocycles. The average molecular weight is 439 g/mol. The van der Waals surface area contributed by atoms with Gasteiger partial charge in [0.2, 0.25) is 5.91 Å². The van der Waals surface area contributed by atoms with Gasteiger partial charge in [0.05, 0.1) is 35.0 Å². The highest BCUT2D eigenvalue weighted by Gasteiger charge is 2.68. The van der Waals surface area contributed by atoms with Crippen LogP contribution in [0.2, 0.25) is 0 Å². The number of nitrogens with zero attached hydrogens (tertiary/aromatic N) is 4. The van der Waals surface area contributed by atoms with E-state index in [0.29, 0.717) is 6.54 Å². The number of rotatable bonds is 2. The fourth-order valence-electron chi connectivity index (χ4n) is 6.72. The molecular weight excluding hydrogens is 412 g/mol. The van der Waals surface area contributed by atoms with E-state index in [1.165, 1.54) is 5.57 Å². The van der Waals surface area contributed by atoms with E-state index in [1.54, 1.807) is 6.21 Å². The number of carbonyl (C=O) groups excluding carboxylic acids is 1. The first-order chi connectivity index (χ1) is 15.9. The Bertz CT molecular complexity index is 1430. The van der Waals surface area contributed by atoms with Crippen molar-refractivity contribution in [2.45, 2.75) is 45.8 Å². The number of aromatic nitrogens is 4. The molecule has 7 rings (SSSR count). The van der Waals surface area contributed by atoms with Crippen LogP contribution in [-0.4, -0.2) is 37.8 Å². The van der Waals surface area contributed by atoms with Gasteiger partial charge in [0.15, 0.2) is 0 Å². The number of para-hydroxylation sites is 2. The minimum Gasteiger partial charge on any atom is -0.344 e. The number of hydrogen-bond acceptors (Lipinski definition) is 4. The third-order valence-corrected chi connectivity index (χ3v) is 8.61. The fraction of sp³-hybridized carbons (Fsp3) is 0.385. The van der Waals surface area contributed by atoms with Crippen LogP contribution in [-0.2, 0) is 17.8 Å². The summed E-state index contributed by atoms with van der Waals surface area (Å²) in [6.07, 6.45) is 12.4. The van der Waals surface area contributed by atoms with Crippen molar-refractivity contribution in [1.29, 1.82) is 0 Å². The summed E-state index contributed by atoms with van der Waals surface area (Å²) in [5, 5.41) is 3.17. The Balaban J connectivity index is 1.23. The number of dihydropyridines is 1. The molecule has 4 aliphatic rings. The third-order valence-electron chi connectivity index (χ3n) is 8.61. The minimum atomic E-state index is -0.464. The molecule has 1 saturated carbocycles. The predicted octanol–water partition coefficient (Wildman–Crippen LogP) is 3.64. The van der Waals surface area contributed by atoms with Crippen LogP contribution in [0.5, 0.6) is 0 Å². The third kappa shape index (κ3) is 2.39. The maximum absolute atomic E-state index is 13.3. The summed E-state index contributed by atoms with van der Waals surface area (Å²) in [4.78, 5) is 30.9. The van der Waals surface area contributed by atoms with Crippen molar-refractivity contribution >= 4 is 29.2 Å². The molecule has 4 atom stereocenters. The van der Waals surface area contributed by atoms with Gasteiger partial charge >= 0.3 is 0 Å². The second kappa shape index (κ2) is 6.10. The molecule has 7 heteroatoms. The molecule has 1 saturated heterocycles. The van der Waals surface area contributed by atoms with Crippen molar-refractivity contribution in [3.8, 4) is 0 Å². The van der Waals surface area contributed by atoms with Crippen LogP contribution in [0.15, 0.2) is 53.3 Å². The van der Waals surface area contributed by atoms with Gasteiger partial charge in [0.1, 0.15) is 12.0 Å². The van der Waals surface area contributed by atoms with E-state index < -0.39 is 5.41 Å². The topological polar surface area (TPSA) is 88.0 Å². The number of hydrogen-bond donors (Lipinski definition) is 2. The largest absolute Gasteiger partial charge is 0.344 e. The van der Waals surface area contributed by atoms with Crippen LogP contribution in [0.4, 0.5) is 0 Å². The maximum atomic E-state index is 13.3. The highest BCUT2D eigenvalue weighted by Crippen LogP contribution is 2.66. The summed E-state index contributed by atoms with van der Waals surface area (Å²) in [5.74, 6) is 1.08. The molecule has 2 aliphatic heterocycles. The molecule has 1 amide bonds. The van der Waals surface area contributed by atoms with E-state index in [-0.39, 0.29) is 22.9 Å². The number of aliphatic imine (C=N–C) groups is 1. The normalized spacial score (nSPS) is 33.8. The molecule has 1 aromatic carbocycles. The Labute approximate surface area is 191 Å². The standard InChI is InChI=1S/C26H26N6O/c1-24-12-19-18(29-21(30-19)13-32-15-28-17-6-3-4-7-20(17)32)10-16(24)11-26(14-24)23(33)31-22-25(26,2)8-5-9-27-22/h3-10,15,22H,11-14H2,1-2H3,(H,29,30)(H,31,33). The molecule has 4 heterocycles. The second-order valence-corrected chi connectivity index (χ2v) is 10.6. The molecular formula is C26H26N6O. The van der Waals surface area contributed by atoms with Crippen LogP contribution >= 0.6 is 0 Å². The molecule has 2 N–H and O–H groups in total. The van der Waals surface area contributed by atoms with E-state index in [1.807, 2.05) is 30.6 Å². The zero-order valence-electron chi connectivity index (χ0n) is 18.8. The van der Waals surface area contributed by atoms with Crippen LogP contribution in [0.1, 0.15) is 43.9 Å². The number of nitrogens with one attached hydrogen (secondary N) is 2. The number of H-pyrrole nitrogens is 1. The van der Waals surface area contributed by atoms with Crippen LogP contribution < -0.4 is 5.32 Å². The number of imidazole rings is 2. The zero-order valence-corrected chi connectivity index (χ0v) is 18.8. The first-order valence-corrected chi connectivity index (χ1v) is 11.6. The number of allylic oxidation sites excluding steroid dienone is 2. The van der Waals surface area contributed by atoms with Gasteiger partial charge in [-0.3, -0.25) is 9.79 Å². The molecule has 2 aromatic heterocycles. The lowest BCUT2D eigenvalue weighted by molar-refractivity contribution is -0.130. The van der Waals surface area contributed by atoms with Gasteiger partial charge in [-0.05, 0) is 49.0 Å². The molecule has 7 nitrogen and oxygen atoms in total. The zero-order chi connectivity index (χ0) is 22.4. The molecule has 166 valence electrons. The van der Waals surface area contributed by atoms with Gasteiger partial charge < -0.3 is 14.9 Å². The second-order valence-electron chi connectivity index (χ2n) is 10.6. The quantitative estimate of drug-likeness (QED) is 0.640. The van der Waals surface area contributed by atoms with E-state index in [9.17, 15) is 4.79 Å². The van der Waals surface area contributed by atoms with Crippen molar-refractivity contribution in [2.24, 2.45) is 21.2 Å². The summed E-state index contributed by atoms with van der Waals surface area (Å²) >= 11 is 0. The molecule has 3 aromatic rings. The fourth-order valence-corrected chi connectivity index (χ4v) is 6.72. The molecule has 0 bridgehead atoms. The molecule has 2 fully saturated rings. The van der Waals surface area contributed by atoms with Crippen molar-refractivity contribution in [1.82, 2.24) is 24.8 Å². The Kier molecular flexibility index (Phi) is 3.52.